The molecule has 1 heterocycles. The van der Waals surface area contributed by atoms with Crippen molar-refractivity contribution < 1.29 is 0 Å². The molecule has 78 valence electrons. The average Bonchev–Trinajstić information content (AvgIpc) is 2.17. The molecule has 1 aromatic rings. The van der Waals surface area contributed by atoms with Crippen molar-refractivity contribution in [1.29, 1.82) is 0 Å². The Morgan fingerprint density at radius 3 is 2.36 bits per heavy atom. The van der Waals surface area contributed by atoms with Crippen LogP contribution in [-0.4, -0.2) is 18.1 Å². The number of hydrogen-bond acceptors (Lipinski definition) is 2. The van der Waals surface area contributed by atoms with Gasteiger partial charge in [0.25, 0.3) is 0 Å². The zero-order valence-corrected chi connectivity index (χ0v) is 9.59. The van der Waals surface area contributed by atoms with E-state index in [0.717, 1.165) is 31.7 Å². The van der Waals surface area contributed by atoms with Gasteiger partial charge >= 0.3 is 0 Å². The summed E-state index contributed by atoms with van der Waals surface area (Å²) < 4.78 is 0. The van der Waals surface area contributed by atoms with Crippen LogP contribution in [0.2, 0.25) is 5.15 Å². The minimum Gasteiger partial charge on any atom is -0.357 e. The van der Waals surface area contributed by atoms with E-state index in [2.05, 4.69) is 23.7 Å². The lowest BCUT2D eigenvalue weighted by Gasteiger charge is -2.22. The van der Waals surface area contributed by atoms with E-state index in [-0.39, 0.29) is 0 Å². The Balaban J connectivity index is 2.75. The Morgan fingerprint density at radius 1 is 1.21 bits per heavy atom. The number of hydrogen-bond donors (Lipinski definition) is 0. The zero-order valence-electron chi connectivity index (χ0n) is 8.83. The highest BCUT2D eigenvalue weighted by molar-refractivity contribution is 6.29. The number of pyridine rings is 1. The van der Waals surface area contributed by atoms with Gasteiger partial charge in [-0.15, -0.1) is 0 Å². The predicted molar refractivity (Wildman–Crippen MR) is 62.0 cm³/mol. The van der Waals surface area contributed by atoms with E-state index in [1.54, 1.807) is 6.07 Å². The minimum atomic E-state index is 0.569. The molecule has 0 bridgehead atoms. The van der Waals surface area contributed by atoms with E-state index in [0.29, 0.717) is 5.15 Å². The molecule has 1 rings (SSSR count). The molecule has 1 aromatic heterocycles. The fourth-order valence-electron chi connectivity index (χ4n) is 1.45. The quantitative estimate of drug-likeness (QED) is 0.696. The van der Waals surface area contributed by atoms with E-state index in [1.807, 2.05) is 12.1 Å². The van der Waals surface area contributed by atoms with Gasteiger partial charge in [0.15, 0.2) is 0 Å². The predicted octanol–water partition coefficient (Wildman–Crippen LogP) is 3.36. The molecule has 2 nitrogen and oxygen atoms in total. The van der Waals surface area contributed by atoms with Crippen LogP contribution in [0.1, 0.15) is 26.7 Å². The van der Waals surface area contributed by atoms with Crippen molar-refractivity contribution in [3.63, 3.8) is 0 Å². The van der Waals surface area contributed by atoms with Crippen LogP contribution in [-0.2, 0) is 0 Å². The molecule has 0 spiro atoms. The summed E-state index contributed by atoms with van der Waals surface area (Å²) in [5.74, 6) is 0.987. The van der Waals surface area contributed by atoms with Crippen LogP contribution in [0, 0.1) is 0 Å². The van der Waals surface area contributed by atoms with Crippen LogP contribution >= 0.6 is 11.6 Å². The van der Waals surface area contributed by atoms with Gasteiger partial charge in [-0.1, -0.05) is 31.5 Å². The van der Waals surface area contributed by atoms with Crippen molar-refractivity contribution in [2.24, 2.45) is 0 Å². The van der Waals surface area contributed by atoms with E-state index < -0.39 is 0 Å². The smallest absolute Gasteiger partial charge is 0.131 e. The molecule has 0 saturated heterocycles. The van der Waals surface area contributed by atoms with Gasteiger partial charge in [0.05, 0.1) is 0 Å². The molecule has 0 aromatic carbocycles. The van der Waals surface area contributed by atoms with E-state index >= 15 is 0 Å². The van der Waals surface area contributed by atoms with Crippen LogP contribution in [0.5, 0.6) is 0 Å². The topological polar surface area (TPSA) is 16.1 Å². The molecule has 0 aliphatic heterocycles. The Bertz CT molecular complexity index is 270. The largest absolute Gasteiger partial charge is 0.357 e. The Labute approximate surface area is 90.9 Å². The molecule has 0 saturated carbocycles. The molecule has 0 atom stereocenters. The molecular weight excluding hydrogens is 196 g/mol. The number of nitrogens with zero attached hydrogens (tertiary/aromatic N) is 2. The summed E-state index contributed by atoms with van der Waals surface area (Å²) in [6.07, 6.45) is 2.27. The molecule has 3 heteroatoms. The van der Waals surface area contributed by atoms with Crippen molar-refractivity contribution >= 4 is 17.4 Å². The molecule has 0 unspecified atom stereocenters. The summed E-state index contributed by atoms with van der Waals surface area (Å²) in [6.45, 7) is 6.43. The van der Waals surface area contributed by atoms with Crippen molar-refractivity contribution in [2.45, 2.75) is 26.7 Å². The van der Waals surface area contributed by atoms with Crippen molar-refractivity contribution in [1.82, 2.24) is 4.98 Å². The first kappa shape index (κ1) is 11.3. The molecule has 0 fully saturated rings. The standard InChI is InChI=1S/C11H17ClN2/c1-3-8-14(9-4-2)11-7-5-6-10(12)13-11/h5-7H,3-4,8-9H2,1-2H3. The Morgan fingerprint density at radius 2 is 1.86 bits per heavy atom. The van der Waals surface area contributed by atoms with Crippen LogP contribution in [0.4, 0.5) is 5.82 Å². The van der Waals surface area contributed by atoms with Gasteiger partial charge < -0.3 is 4.90 Å². The lowest BCUT2D eigenvalue weighted by atomic mass is 10.3. The first-order chi connectivity index (χ1) is 6.77. The number of anilines is 1. The molecule has 0 aliphatic carbocycles. The van der Waals surface area contributed by atoms with Gasteiger partial charge in [-0.2, -0.15) is 0 Å². The van der Waals surface area contributed by atoms with Crippen LogP contribution in [0.15, 0.2) is 18.2 Å². The molecule has 0 amide bonds. The molecule has 0 radical (unpaired) electrons. The maximum absolute atomic E-state index is 5.85. The first-order valence-corrected chi connectivity index (χ1v) is 5.53. The summed E-state index contributed by atoms with van der Waals surface area (Å²) in [6, 6.07) is 5.77. The fourth-order valence-corrected chi connectivity index (χ4v) is 1.61. The second kappa shape index (κ2) is 5.86. The molecular formula is C11H17ClN2. The van der Waals surface area contributed by atoms with Crippen molar-refractivity contribution in [2.75, 3.05) is 18.0 Å². The monoisotopic (exact) mass is 212 g/mol. The average molecular weight is 213 g/mol. The van der Waals surface area contributed by atoms with Gasteiger partial charge in [0, 0.05) is 13.1 Å². The minimum absolute atomic E-state index is 0.569. The summed E-state index contributed by atoms with van der Waals surface area (Å²) in [5.41, 5.74) is 0. The molecule has 14 heavy (non-hydrogen) atoms. The summed E-state index contributed by atoms with van der Waals surface area (Å²) >= 11 is 5.85. The Hall–Kier alpha value is -0.760. The highest BCUT2D eigenvalue weighted by Crippen LogP contribution is 2.14. The highest BCUT2D eigenvalue weighted by atomic mass is 35.5. The maximum Gasteiger partial charge on any atom is 0.131 e. The van der Waals surface area contributed by atoms with Gasteiger partial charge in [-0.3, -0.25) is 0 Å². The van der Waals surface area contributed by atoms with Gasteiger partial charge in [0.1, 0.15) is 11.0 Å². The highest BCUT2D eigenvalue weighted by Gasteiger charge is 2.05. The summed E-state index contributed by atoms with van der Waals surface area (Å²) in [7, 11) is 0. The van der Waals surface area contributed by atoms with Gasteiger partial charge in [-0.05, 0) is 25.0 Å². The van der Waals surface area contributed by atoms with E-state index in [1.165, 1.54) is 0 Å². The van der Waals surface area contributed by atoms with Crippen LogP contribution < -0.4 is 4.90 Å². The van der Waals surface area contributed by atoms with E-state index in [4.69, 9.17) is 11.6 Å². The summed E-state index contributed by atoms with van der Waals surface area (Å²) in [5, 5.41) is 0.569. The third kappa shape index (κ3) is 3.18. The zero-order chi connectivity index (χ0) is 10.4. The SMILES string of the molecule is CCCN(CCC)c1cccc(Cl)n1. The van der Waals surface area contributed by atoms with E-state index in [9.17, 15) is 0 Å². The maximum atomic E-state index is 5.85. The van der Waals surface area contributed by atoms with Crippen molar-refractivity contribution in [3.05, 3.63) is 23.4 Å². The summed E-state index contributed by atoms with van der Waals surface area (Å²) in [4.78, 5) is 6.57. The van der Waals surface area contributed by atoms with Crippen LogP contribution in [0.25, 0.3) is 0 Å². The lowest BCUT2D eigenvalue weighted by Crippen LogP contribution is -2.25. The lowest BCUT2D eigenvalue weighted by molar-refractivity contribution is 0.734. The number of rotatable bonds is 5. The first-order valence-electron chi connectivity index (χ1n) is 5.15. The normalized spacial score (nSPS) is 10.2. The third-order valence-electron chi connectivity index (χ3n) is 2.01. The molecule has 0 N–H and O–H groups in total. The van der Waals surface area contributed by atoms with Gasteiger partial charge in [0.2, 0.25) is 0 Å². The van der Waals surface area contributed by atoms with Gasteiger partial charge in [-0.25, -0.2) is 4.98 Å². The van der Waals surface area contributed by atoms with Crippen LogP contribution in [0.3, 0.4) is 0 Å². The second-order valence-corrected chi connectivity index (χ2v) is 3.69. The number of halogens is 1. The third-order valence-corrected chi connectivity index (χ3v) is 2.22. The van der Waals surface area contributed by atoms with Crippen molar-refractivity contribution in [3.8, 4) is 0 Å². The number of aromatic nitrogens is 1. The fraction of sp³-hybridized carbons (Fsp3) is 0.545. The Kier molecular flexibility index (Phi) is 4.74. The molecule has 0 aliphatic rings. The second-order valence-electron chi connectivity index (χ2n) is 3.31.